The Kier molecular flexibility index (Phi) is 4.93. The van der Waals surface area contributed by atoms with Crippen LogP contribution in [0.1, 0.15) is 68.6 Å². The first kappa shape index (κ1) is 17.1. The second-order valence-corrected chi connectivity index (χ2v) is 7.92. The average Bonchev–Trinajstić information content (AvgIpc) is 3.05. The van der Waals surface area contributed by atoms with Crippen molar-refractivity contribution in [3.8, 4) is 17.2 Å². The van der Waals surface area contributed by atoms with Gasteiger partial charge in [0.15, 0.2) is 0 Å². The molecule has 132 valence electrons. The summed E-state index contributed by atoms with van der Waals surface area (Å²) >= 11 is 0. The summed E-state index contributed by atoms with van der Waals surface area (Å²) in [5.74, 6) is 0.910. The summed E-state index contributed by atoms with van der Waals surface area (Å²) in [6.07, 6.45) is 10.6. The molecule has 2 aliphatic rings. The molecular formula is C25H27N. The molecule has 0 fully saturated rings. The predicted octanol–water partition coefficient (Wildman–Crippen LogP) is 6.92. The van der Waals surface area contributed by atoms with E-state index in [4.69, 9.17) is 5.26 Å². The van der Waals surface area contributed by atoms with E-state index in [0.29, 0.717) is 0 Å². The summed E-state index contributed by atoms with van der Waals surface area (Å²) in [4.78, 5) is 0. The molecule has 1 unspecified atom stereocenters. The lowest BCUT2D eigenvalue weighted by Crippen LogP contribution is -2.08. The molecule has 1 heteroatoms. The largest absolute Gasteiger partial charge is 0.192 e. The molecule has 1 atom stereocenters. The highest BCUT2D eigenvalue weighted by atomic mass is 14.3. The molecule has 2 aromatic carbocycles. The fourth-order valence-electron chi connectivity index (χ4n) is 4.71. The predicted molar refractivity (Wildman–Crippen MR) is 109 cm³/mol. The first-order valence-electron chi connectivity index (χ1n) is 10.1. The summed E-state index contributed by atoms with van der Waals surface area (Å²) in [5.41, 5.74) is 9.57. The van der Waals surface area contributed by atoms with Crippen molar-refractivity contribution in [2.75, 3.05) is 0 Å². The molecule has 0 amide bonds. The van der Waals surface area contributed by atoms with Gasteiger partial charge < -0.3 is 0 Å². The quantitative estimate of drug-likeness (QED) is 0.542. The van der Waals surface area contributed by atoms with Gasteiger partial charge in [0.25, 0.3) is 0 Å². The molecule has 0 aliphatic heterocycles. The first-order chi connectivity index (χ1) is 12.8. The zero-order valence-electron chi connectivity index (χ0n) is 15.7. The topological polar surface area (TPSA) is 23.8 Å². The van der Waals surface area contributed by atoms with Gasteiger partial charge in [0.1, 0.15) is 0 Å². The Hall–Kier alpha value is -2.33. The molecule has 1 nitrogen and oxygen atoms in total. The normalized spacial score (nSPS) is 18.4. The molecule has 2 aliphatic carbocycles. The maximum absolute atomic E-state index is 8.98. The van der Waals surface area contributed by atoms with Gasteiger partial charge in [-0.1, -0.05) is 68.5 Å². The minimum Gasteiger partial charge on any atom is -0.192 e. The van der Waals surface area contributed by atoms with E-state index >= 15 is 0 Å². The van der Waals surface area contributed by atoms with Gasteiger partial charge in [-0.2, -0.15) is 5.26 Å². The number of hydrogen-bond acceptors (Lipinski definition) is 1. The third-order valence-corrected chi connectivity index (χ3v) is 6.16. The van der Waals surface area contributed by atoms with Gasteiger partial charge in [-0.3, -0.25) is 0 Å². The summed E-state index contributed by atoms with van der Waals surface area (Å²) in [6.45, 7) is 2.29. The van der Waals surface area contributed by atoms with Crippen LogP contribution in [-0.4, -0.2) is 0 Å². The van der Waals surface area contributed by atoms with Crippen LogP contribution in [0.15, 0.2) is 48.0 Å². The lowest BCUT2D eigenvalue weighted by atomic mass is 9.81. The number of benzene rings is 2. The van der Waals surface area contributed by atoms with Crippen molar-refractivity contribution < 1.29 is 0 Å². The monoisotopic (exact) mass is 341 g/mol. The van der Waals surface area contributed by atoms with Crippen LogP contribution in [0, 0.1) is 17.2 Å². The van der Waals surface area contributed by atoms with Crippen LogP contribution in [0.25, 0.3) is 16.7 Å². The summed E-state index contributed by atoms with van der Waals surface area (Å²) in [7, 11) is 0. The van der Waals surface area contributed by atoms with E-state index in [1.807, 2.05) is 12.1 Å². The second-order valence-electron chi connectivity index (χ2n) is 7.92. The van der Waals surface area contributed by atoms with Crippen molar-refractivity contribution in [2.24, 2.45) is 5.92 Å². The van der Waals surface area contributed by atoms with Crippen molar-refractivity contribution in [1.82, 2.24) is 0 Å². The third kappa shape index (κ3) is 3.34. The van der Waals surface area contributed by atoms with Crippen molar-refractivity contribution >= 4 is 5.57 Å². The first-order valence-corrected chi connectivity index (χ1v) is 10.1. The molecule has 0 radical (unpaired) electrons. The maximum Gasteiger partial charge on any atom is 0.0991 e. The van der Waals surface area contributed by atoms with E-state index in [2.05, 4.69) is 43.3 Å². The van der Waals surface area contributed by atoms with Gasteiger partial charge in [-0.15, -0.1) is 0 Å². The lowest BCUT2D eigenvalue weighted by Gasteiger charge is -2.24. The number of unbranched alkanes of at least 4 members (excludes halogenated alkanes) is 2. The summed E-state index contributed by atoms with van der Waals surface area (Å²) < 4.78 is 0. The molecule has 0 saturated heterocycles. The van der Waals surface area contributed by atoms with Crippen LogP contribution < -0.4 is 0 Å². The van der Waals surface area contributed by atoms with Crippen molar-refractivity contribution in [2.45, 2.75) is 58.3 Å². The van der Waals surface area contributed by atoms with Crippen LogP contribution in [0.5, 0.6) is 0 Å². The van der Waals surface area contributed by atoms with E-state index < -0.39 is 0 Å². The Morgan fingerprint density at radius 3 is 2.62 bits per heavy atom. The maximum atomic E-state index is 8.98. The van der Waals surface area contributed by atoms with Crippen molar-refractivity contribution in [1.29, 1.82) is 5.26 Å². The Morgan fingerprint density at radius 1 is 1.04 bits per heavy atom. The highest BCUT2D eigenvalue weighted by Gasteiger charge is 2.27. The van der Waals surface area contributed by atoms with Crippen molar-refractivity contribution in [3.63, 3.8) is 0 Å². The van der Waals surface area contributed by atoms with Crippen LogP contribution in [0.3, 0.4) is 0 Å². The molecule has 2 aromatic rings. The molecule has 26 heavy (non-hydrogen) atoms. The van der Waals surface area contributed by atoms with E-state index in [-0.39, 0.29) is 0 Å². The highest BCUT2D eigenvalue weighted by Crippen LogP contribution is 2.45. The Balaban J connectivity index is 1.50. The third-order valence-electron chi connectivity index (χ3n) is 6.16. The number of nitrogens with zero attached hydrogens (tertiary/aromatic N) is 1. The highest BCUT2D eigenvalue weighted by molar-refractivity contribution is 5.80. The minimum atomic E-state index is 0.723. The van der Waals surface area contributed by atoms with Crippen molar-refractivity contribution in [3.05, 3.63) is 64.7 Å². The standard InChI is InChI=1S/C25H27N/c1-2-3-4-5-18-8-12-24-22(14-18)16-23-15-21(11-13-25(23)24)20-9-6-19(17-26)7-10-20/h6-7,9-11,13,15,18H,2-5,8,12,14,16H2,1H3. The van der Waals surface area contributed by atoms with Gasteiger partial charge >= 0.3 is 0 Å². The van der Waals surface area contributed by atoms with Gasteiger partial charge in [-0.05, 0) is 71.6 Å². The van der Waals surface area contributed by atoms with Crippen LogP contribution >= 0.6 is 0 Å². The summed E-state index contributed by atoms with van der Waals surface area (Å²) in [6, 6.07) is 17.1. The molecule has 4 rings (SSSR count). The van der Waals surface area contributed by atoms with Gasteiger partial charge in [0.05, 0.1) is 11.6 Å². The Labute approximate surface area is 157 Å². The lowest BCUT2D eigenvalue weighted by molar-refractivity contribution is 0.417. The Bertz CT molecular complexity index is 864. The SMILES string of the molecule is CCCCCC1CCC2=C(Cc3cc(-c4ccc(C#N)cc4)ccc32)C1. The molecule has 0 saturated carbocycles. The van der Waals surface area contributed by atoms with Gasteiger partial charge in [0, 0.05) is 0 Å². The molecular weight excluding hydrogens is 314 g/mol. The smallest absolute Gasteiger partial charge is 0.0991 e. The number of nitriles is 1. The number of hydrogen-bond donors (Lipinski definition) is 0. The molecule has 0 aromatic heterocycles. The van der Waals surface area contributed by atoms with Crippen LogP contribution in [-0.2, 0) is 6.42 Å². The fourth-order valence-corrected chi connectivity index (χ4v) is 4.71. The van der Waals surface area contributed by atoms with E-state index in [1.165, 1.54) is 67.2 Å². The second kappa shape index (κ2) is 7.50. The molecule has 0 bridgehead atoms. The fraction of sp³-hybridized carbons (Fsp3) is 0.400. The number of fused-ring (bicyclic) bond motifs is 2. The average molecular weight is 341 g/mol. The van der Waals surface area contributed by atoms with E-state index in [9.17, 15) is 0 Å². The van der Waals surface area contributed by atoms with E-state index in [0.717, 1.165) is 17.9 Å². The van der Waals surface area contributed by atoms with Crippen LogP contribution in [0.4, 0.5) is 0 Å². The van der Waals surface area contributed by atoms with Gasteiger partial charge in [0.2, 0.25) is 0 Å². The summed E-state index contributed by atoms with van der Waals surface area (Å²) in [5, 5.41) is 8.98. The minimum absolute atomic E-state index is 0.723. The van der Waals surface area contributed by atoms with Gasteiger partial charge in [-0.25, -0.2) is 0 Å². The zero-order valence-corrected chi connectivity index (χ0v) is 15.7. The zero-order chi connectivity index (χ0) is 17.9. The number of allylic oxidation sites excluding steroid dienone is 2. The molecule has 0 spiro atoms. The molecule has 0 N–H and O–H groups in total. The van der Waals surface area contributed by atoms with Crippen LogP contribution in [0.2, 0.25) is 0 Å². The molecule has 0 heterocycles. The van der Waals surface area contributed by atoms with E-state index in [1.54, 1.807) is 11.1 Å². The number of rotatable bonds is 5. The Morgan fingerprint density at radius 2 is 1.85 bits per heavy atom.